The van der Waals surface area contributed by atoms with Crippen LogP contribution in [0.4, 0.5) is 0 Å². The van der Waals surface area contributed by atoms with E-state index in [1.807, 2.05) is 6.92 Å². The number of thioether (sulfide) groups is 1. The van der Waals surface area contributed by atoms with E-state index in [9.17, 15) is 24.6 Å². The molecule has 0 saturated carbocycles. The molecule has 7 atom stereocenters. The number of piperazine rings is 1. The highest BCUT2D eigenvalue weighted by Crippen LogP contribution is 2.52. The molecule has 5 N–H and O–H groups in total. The lowest BCUT2D eigenvalue weighted by Gasteiger charge is -2.47. The summed E-state index contributed by atoms with van der Waals surface area (Å²) in [7, 11) is 0. The number of carbonyl (C=O) groups is 3. The van der Waals surface area contributed by atoms with Gasteiger partial charge in [-0.05, 0) is 13.3 Å². The second-order valence-electron chi connectivity index (χ2n) is 8.42. The maximum atomic E-state index is 12.6. The fourth-order valence-corrected chi connectivity index (χ4v) is 6.58. The highest BCUT2D eigenvalue weighted by Gasteiger charge is 2.58. The molecule has 4 aliphatic rings. The summed E-state index contributed by atoms with van der Waals surface area (Å²) in [5.74, 6) is -1.57. The lowest BCUT2D eigenvalue weighted by molar-refractivity contribution is -0.160. The molecule has 10 heteroatoms. The minimum absolute atomic E-state index is 0.00952. The number of nitrogens with one attached hydrogen (secondary N) is 3. The van der Waals surface area contributed by atoms with Crippen LogP contribution in [0.1, 0.15) is 26.7 Å². The SMILES string of the molecule is C[C@@H](O)[C@H]1C(=O)N2C(CC(=O)O)=C(S[C@@H]3CN[C@H](C4CNC(=O)CN4)C3)[C@H](C)[C@H]12. The van der Waals surface area contributed by atoms with Gasteiger partial charge in [0.05, 0.1) is 31.0 Å². The monoisotopic (exact) mass is 424 g/mol. The predicted molar refractivity (Wildman–Crippen MR) is 107 cm³/mol. The van der Waals surface area contributed by atoms with Crippen LogP contribution in [0.15, 0.2) is 10.6 Å². The van der Waals surface area contributed by atoms with E-state index in [1.165, 1.54) is 0 Å². The largest absolute Gasteiger partial charge is 0.481 e. The number of hydrogen-bond donors (Lipinski definition) is 5. The first kappa shape index (κ1) is 20.6. The van der Waals surface area contributed by atoms with Crippen LogP contribution >= 0.6 is 11.8 Å². The van der Waals surface area contributed by atoms with E-state index in [2.05, 4.69) is 16.0 Å². The number of hydrogen-bond acceptors (Lipinski definition) is 7. The van der Waals surface area contributed by atoms with Crippen molar-refractivity contribution in [1.82, 2.24) is 20.9 Å². The standard InChI is InChI=1S/C19H28N4O5S/c1-8-17-16(9(2)24)19(28)23(17)13(4-15(26)27)18(8)29-10-3-11(20-5-10)12-6-22-14(25)7-21-12/h8-12,16-17,20-21,24H,3-7H2,1-2H3,(H,22,25)(H,26,27)/t8-,9-,10+,11+,12?,16-,17-/m1/s1. The van der Waals surface area contributed by atoms with Gasteiger partial charge in [-0.2, -0.15) is 0 Å². The molecule has 0 aliphatic carbocycles. The zero-order valence-corrected chi connectivity index (χ0v) is 17.4. The number of rotatable bonds is 6. The molecule has 0 radical (unpaired) electrons. The number of carboxylic acid groups (broad SMARTS) is 1. The van der Waals surface area contributed by atoms with Crippen molar-refractivity contribution in [3.8, 4) is 0 Å². The fourth-order valence-electron chi connectivity index (χ4n) is 5.07. The Morgan fingerprint density at radius 2 is 2.03 bits per heavy atom. The van der Waals surface area contributed by atoms with Crippen molar-refractivity contribution in [1.29, 1.82) is 0 Å². The van der Waals surface area contributed by atoms with Crippen molar-refractivity contribution in [2.45, 2.75) is 56.2 Å². The van der Waals surface area contributed by atoms with Crippen LogP contribution in [0, 0.1) is 11.8 Å². The molecule has 0 aromatic heterocycles. The van der Waals surface area contributed by atoms with E-state index in [-0.39, 0.29) is 47.5 Å². The summed E-state index contributed by atoms with van der Waals surface area (Å²) in [6, 6.07) is 0.254. The van der Waals surface area contributed by atoms with Gasteiger partial charge >= 0.3 is 5.97 Å². The molecule has 3 fully saturated rings. The number of carboxylic acids is 1. The second kappa shape index (κ2) is 7.90. The van der Waals surface area contributed by atoms with Crippen LogP contribution in [0.2, 0.25) is 0 Å². The van der Waals surface area contributed by atoms with Crippen LogP contribution in [0.25, 0.3) is 0 Å². The van der Waals surface area contributed by atoms with Crippen LogP contribution in [0.3, 0.4) is 0 Å². The molecule has 160 valence electrons. The maximum absolute atomic E-state index is 12.6. The van der Waals surface area contributed by atoms with Gasteiger partial charge in [-0.15, -0.1) is 11.8 Å². The molecule has 0 aromatic rings. The summed E-state index contributed by atoms with van der Waals surface area (Å²) < 4.78 is 0. The average molecular weight is 425 g/mol. The summed E-state index contributed by atoms with van der Waals surface area (Å²) in [5.41, 5.74) is 0.591. The van der Waals surface area contributed by atoms with Gasteiger partial charge in [0.2, 0.25) is 11.8 Å². The summed E-state index contributed by atoms with van der Waals surface area (Å²) in [6.45, 7) is 5.35. The molecular weight excluding hydrogens is 396 g/mol. The Bertz CT molecular complexity index is 747. The molecular formula is C19H28N4O5S. The number of amides is 2. The number of fused-ring (bicyclic) bond motifs is 1. The van der Waals surface area contributed by atoms with Gasteiger partial charge in [-0.25, -0.2) is 0 Å². The normalized spacial score (nSPS) is 38.0. The van der Waals surface area contributed by atoms with Gasteiger partial charge in [0.25, 0.3) is 0 Å². The number of aliphatic hydroxyl groups excluding tert-OH is 1. The first-order chi connectivity index (χ1) is 13.8. The van der Waals surface area contributed by atoms with Crippen molar-refractivity contribution in [2.75, 3.05) is 19.6 Å². The van der Waals surface area contributed by atoms with Gasteiger partial charge in [0, 0.05) is 46.9 Å². The Balaban J connectivity index is 1.47. The van der Waals surface area contributed by atoms with E-state index in [1.54, 1.807) is 23.6 Å². The molecule has 2 amide bonds. The summed E-state index contributed by atoms with van der Waals surface area (Å²) >= 11 is 1.67. The summed E-state index contributed by atoms with van der Waals surface area (Å²) in [5, 5.41) is 29.3. The first-order valence-corrected chi connectivity index (χ1v) is 11.0. The Hall–Kier alpha value is -1.62. The molecule has 0 spiro atoms. The summed E-state index contributed by atoms with van der Waals surface area (Å²) in [6.07, 6.45) is -0.0270. The van der Waals surface area contributed by atoms with Crippen LogP contribution in [-0.2, 0) is 14.4 Å². The van der Waals surface area contributed by atoms with Crippen molar-refractivity contribution in [2.24, 2.45) is 11.8 Å². The quantitative estimate of drug-likeness (QED) is 0.346. The Morgan fingerprint density at radius 3 is 2.66 bits per heavy atom. The Morgan fingerprint density at radius 1 is 1.28 bits per heavy atom. The summed E-state index contributed by atoms with van der Waals surface area (Å²) in [4.78, 5) is 37.9. The van der Waals surface area contributed by atoms with E-state index in [4.69, 9.17) is 0 Å². The van der Waals surface area contributed by atoms with Crippen molar-refractivity contribution in [3.05, 3.63) is 10.6 Å². The van der Waals surface area contributed by atoms with E-state index >= 15 is 0 Å². The minimum atomic E-state index is -0.955. The zero-order chi connectivity index (χ0) is 20.9. The maximum Gasteiger partial charge on any atom is 0.309 e. The number of carbonyl (C=O) groups excluding carboxylic acids is 2. The molecule has 0 aromatic carbocycles. The van der Waals surface area contributed by atoms with Crippen molar-refractivity contribution < 1.29 is 24.6 Å². The fraction of sp³-hybridized carbons (Fsp3) is 0.737. The number of nitrogens with zero attached hydrogens (tertiary/aromatic N) is 1. The van der Waals surface area contributed by atoms with Crippen LogP contribution in [0.5, 0.6) is 0 Å². The molecule has 3 saturated heterocycles. The van der Waals surface area contributed by atoms with Gasteiger partial charge < -0.3 is 31.1 Å². The topological polar surface area (TPSA) is 131 Å². The van der Waals surface area contributed by atoms with Gasteiger partial charge in [-0.1, -0.05) is 6.92 Å². The Labute approximate surface area is 173 Å². The van der Waals surface area contributed by atoms with E-state index < -0.39 is 18.0 Å². The van der Waals surface area contributed by atoms with E-state index in [0.29, 0.717) is 18.8 Å². The minimum Gasteiger partial charge on any atom is -0.481 e. The lowest BCUT2D eigenvalue weighted by Crippen LogP contribution is -2.63. The predicted octanol–water partition coefficient (Wildman–Crippen LogP) is -0.918. The average Bonchev–Trinajstić information content (AvgIpc) is 3.19. The molecule has 29 heavy (non-hydrogen) atoms. The first-order valence-electron chi connectivity index (χ1n) is 10.1. The highest BCUT2D eigenvalue weighted by molar-refractivity contribution is 8.03. The number of β-lactam (4-membered cyclic amide) rings is 1. The smallest absolute Gasteiger partial charge is 0.309 e. The van der Waals surface area contributed by atoms with Crippen molar-refractivity contribution in [3.63, 3.8) is 0 Å². The Kier molecular flexibility index (Phi) is 5.62. The second-order valence-corrected chi connectivity index (χ2v) is 9.76. The third kappa shape index (κ3) is 3.67. The number of aliphatic hydroxyl groups is 1. The molecule has 1 unspecified atom stereocenters. The third-order valence-electron chi connectivity index (χ3n) is 6.48. The highest BCUT2D eigenvalue weighted by atomic mass is 32.2. The van der Waals surface area contributed by atoms with Crippen LogP contribution < -0.4 is 16.0 Å². The number of aliphatic carboxylic acids is 1. The van der Waals surface area contributed by atoms with Crippen molar-refractivity contribution >= 4 is 29.5 Å². The molecule has 9 nitrogen and oxygen atoms in total. The molecule has 4 heterocycles. The van der Waals surface area contributed by atoms with Crippen LogP contribution in [-0.4, -0.2) is 82.0 Å². The van der Waals surface area contributed by atoms with Gasteiger partial charge in [-0.3, -0.25) is 14.4 Å². The van der Waals surface area contributed by atoms with E-state index in [0.717, 1.165) is 17.9 Å². The molecule has 4 aliphatic heterocycles. The third-order valence-corrected chi connectivity index (χ3v) is 8.03. The van der Waals surface area contributed by atoms with Gasteiger partial charge in [0.1, 0.15) is 0 Å². The molecule has 0 bridgehead atoms. The zero-order valence-electron chi connectivity index (χ0n) is 16.6. The lowest BCUT2D eigenvalue weighted by atomic mass is 9.79. The molecule has 4 rings (SSSR count). The van der Waals surface area contributed by atoms with Gasteiger partial charge in [0.15, 0.2) is 0 Å².